The topological polar surface area (TPSA) is 49.9 Å². The van der Waals surface area contributed by atoms with Crippen molar-refractivity contribution in [3.05, 3.63) is 0 Å². The molecular weight excluding hydrogens is 248 g/mol. The third kappa shape index (κ3) is 16.2. The molecule has 3 N–H and O–H groups in total. The van der Waals surface area contributed by atoms with Gasteiger partial charge in [-0.3, -0.25) is 5.41 Å². The van der Waals surface area contributed by atoms with Gasteiger partial charge in [-0.25, -0.2) is 0 Å². The van der Waals surface area contributed by atoms with Crippen LogP contribution in [0.2, 0.25) is 0 Å². The number of nitrogens with one attached hydrogen (secondary N) is 1. The van der Waals surface area contributed by atoms with Crippen molar-refractivity contribution in [3.8, 4) is 0 Å². The van der Waals surface area contributed by atoms with Crippen LogP contribution in [0.3, 0.4) is 0 Å². The quantitative estimate of drug-likeness (QED) is 0.314. The summed E-state index contributed by atoms with van der Waals surface area (Å²) in [5.41, 5.74) is 5.26. The highest BCUT2D eigenvalue weighted by molar-refractivity contribution is 8.14. The van der Waals surface area contributed by atoms with Crippen molar-refractivity contribution < 1.29 is 0 Å². The number of hydrogen-bond acceptors (Lipinski definition) is 3. The first kappa shape index (κ1) is 17.2. The van der Waals surface area contributed by atoms with Crippen molar-refractivity contribution >= 4 is 28.7 Å². The van der Waals surface area contributed by atoms with Crippen molar-refractivity contribution in [2.24, 2.45) is 5.73 Å². The second kappa shape index (κ2) is 14.2. The SMILES string of the molecule is CCCCCCCCCCSCCSC(=N)N. The number of unbranched alkanes of at least 4 members (excludes halogenated alkanes) is 7. The van der Waals surface area contributed by atoms with Crippen LogP contribution in [0.5, 0.6) is 0 Å². The molecule has 0 amide bonds. The van der Waals surface area contributed by atoms with E-state index in [1.54, 1.807) is 0 Å². The van der Waals surface area contributed by atoms with Gasteiger partial charge in [0.15, 0.2) is 5.17 Å². The Morgan fingerprint density at radius 2 is 1.47 bits per heavy atom. The summed E-state index contributed by atoms with van der Waals surface area (Å²) in [5, 5.41) is 7.31. The lowest BCUT2D eigenvalue weighted by atomic mass is 10.1. The summed E-state index contributed by atoms with van der Waals surface area (Å²) in [4.78, 5) is 0. The minimum absolute atomic E-state index is 0.248. The van der Waals surface area contributed by atoms with Crippen LogP contribution in [0.25, 0.3) is 0 Å². The number of rotatable bonds is 12. The molecule has 0 bridgehead atoms. The lowest BCUT2D eigenvalue weighted by Crippen LogP contribution is -2.05. The predicted octanol–water partition coefficient (Wildman–Crippen LogP) is 4.49. The first-order chi connectivity index (χ1) is 8.27. The highest BCUT2D eigenvalue weighted by Crippen LogP contribution is 2.12. The normalized spacial score (nSPS) is 10.6. The van der Waals surface area contributed by atoms with Gasteiger partial charge >= 0.3 is 0 Å². The van der Waals surface area contributed by atoms with Crippen LogP contribution in [0.4, 0.5) is 0 Å². The molecule has 102 valence electrons. The average molecular weight is 277 g/mol. The summed E-state index contributed by atoms with van der Waals surface area (Å²) >= 11 is 3.45. The largest absolute Gasteiger partial charge is 0.379 e. The summed E-state index contributed by atoms with van der Waals surface area (Å²) in [6.07, 6.45) is 11.2. The molecular formula is C13H28N2S2. The smallest absolute Gasteiger partial charge is 0.151 e. The zero-order valence-electron chi connectivity index (χ0n) is 11.2. The van der Waals surface area contributed by atoms with E-state index in [0.717, 1.165) is 11.5 Å². The number of amidine groups is 1. The molecule has 0 spiro atoms. The van der Waals surface area contributed by atoms with Gasteiger partial charge in [0.2, 0.25) is 0 Å². The Bertz CT molecular complexity index is 175. The zero-order chi connectivity index (χ0) is 12.8. The Hall–Kier alpha value is 0.170. The molecule has 0 saturated heterocycles. The Morgan fingerprint density at radius 1 is 0.882 bits per heavy atom. The average Bonchev–Trinajstić information content (AvgIpc) is 2.30. The van der Waals surface area contributed by atoms with Crippen molar-refractivity contribution in [2.75, 3.05) is 17.3 Å². The Morgan fingerprint density at radius 3 is 2.06 bits per heavy atom. The van der Waals surface area contributed by atoms with E-state index in [9.17, 15) is 0 Å². The highest BCUT2D eigenvalue weighted by Gasteiger charge is 1.94. The van der Waals surface area contributed by atoms with Crippen LogP contribution in [0.1, 0.15) is 58.3 Å². The Labute approximate surface area is 115 Å². The fraction of sp³-hybridized carbons (Fsp3) is 0.923. The molecule has 17 heavy (non-hydrogen) atoms. The second-order valence-corrected chi connectivity index (χ2v) is 6.66. The molecule has 0 aliphatic rings. The van der Waals surface area contributed by atoms with Crippen molar-refractivity contribution in [2.45, 2.75) is 58.3 Å². The molecule has 0 aliphatic carbocycles. The minimum Gasteiger partial charge on any atom is -0.379 e. The van der Waals surface area contributed by atoms with Crippen LogP contribution in [-0.2, 0) is 0 Å². The lowest BCUT2D eigenvalue weighted by molar-refractivity contribution is 0.586. The molecule has 2 nitrogen and oxygen atoms in total. The number of hydrogen-bond donors (Lipinski definition) is 2. The van der Waals surface area contributed by atoms with Gasteiger partial charge in [-0.2, -0.15) is 11.8 Å². The molecule has 0 unspecified atom stereocenters. The molecule has 0 radical (unpaired) electrons. The first-order valence-electron chi connectivity index (χ1n) is 6.82. The van der Waals surface area contributed by atoms with Gasteiger partial charge in [-0.05, 0) is 12.2 Å². The Balaban J connectivity index is 2.91. The van der Waals surface area contributed by atoms with Gasteiger partial charge in [-0.15, -0.1) is 0 Å². The third-order valence-corrected chi connectivity index (χ3v) is 4.68. The number of thioether (sulfide) groups is 2. The van der Waals surface area contributed by atoms with Crippen LogP contribution < -0.4 is 5.73 Å². The van der Waals surface area contributed by atoms with Gasteiger partial charge in [0.25, 0.3) is 0 Å². The molecule has 0 aromatic rings. The summed E-state index contributed by atoms with van der Waals surface area (Å²) in [6, 6.07) is 0. The van der Waals surface area contributed by atoms with Gasteiger partial charge in [0.1, 0.15) is 0 Å². The minimum atomic E-state index is 0.248. The molecule has 0 aromatic heterocycles. The van der Waals surface area contributed by atoms with E-state index in [4.69, 9.17) is 11.1 Å². The zero-order valence-corrected chi connectivity index (χ0v) is 12.8. The van der Waals surface area contributed by atoms with E-state index in [1.807, 2.05) is 11.8 Å². The predicted molar refractivity (Wildman–Crippen MR) is 84.3 cm³/mol. The molecule has 4 heteroatoms. The van der Waals surface area contributed by atoms with Crippen LogP contribution >= 0.6 is 23.5 Å². The first-order valence-corrected chi connectivity index (χ1v) is 8.96. The van der Waals surface area contributed by atoms with Crippen LogP contribution in [0, 0.1) is 5.41 Å². The van der Waals surface area contributed by atoms with E-state index in [1.165, 1.54) is 68.9 Å². The van der Waals surface area contributed by atoms with E-state index in [-0.39, 0.29) is 5.17 Å². The summed E-state index contributed by atoms with van der Waals surface area (Å²) in [7, 11) is 0. The molecule has 0 aromatic carbocycles. The van der Waals surface area contributed by atoms with E-state index < -0.39 is 0 Å². The molecule has 0 aliphatic heterocycles. The fourth-order valence-electron chi connectivity index (χ4n) is 1.65. The fourth-order valence-corrected chi connectivity index (χ4v) is 3.29. The lowest BCUT2D eigenvalue weighted by Gasteiger charge is -2.02. The van der Waals surface area contributed by atoms with Crippen LogP contribution in [-0.4, -0.2) is 22.4 Å². The highest BCUT2D eigenvalue weighted by atomic mass is 32.2. The second-order valence-electron chi connectivity index (χ2n) is 4.30. The maximum atomic E-state index is 7.07. The third-order valence-electron chi connectivity index (χ3n) is 2.63. The van der Waals surface area contributed by atoms with Crippen LogP contribution in [0.15, 0.2) is 0 Å². The van der Waals surface area contributed by atoms with Gasteiger partial charge in [0, 0.05) is 11.5 Å². The number of nitrogens with two attached hydrogens (primary N) is 1. The summed E-state index contributed by atoms with van der Waals surface area (Å²) in [6.45, 7) is 2.27. The van der Waals surface area contributed by atoms with E-state index >= 15 is 0 Å². The standard InChI is InChI=1S/C13H28N2S2/c1-2-3-4-5-6-7-8-9-10-16-11-12-17-13(14)15/h2-12H2,1H3,(H3,14,15). The van der Waals surface area contributed by atoms with Crippen molar-refractivity contribution in [1.82, 2.24) is 0 Å². The van der Waals surface area contributed by atoms with Gasteiger partial charge < -0.3 is 5.73 Å². The van der Waals surface area contributed by atoms with Crippen molar-refractivity contribution in [3.63, 3.8) is 0 Å². The van der Waals surface area contributed by atoms with Gasteiger partial charge in [-0.1, -0.05) is 63.6 Å². The van der Waals surface area contributed by atoms with E-state index in [0.29, 0.717) is 0 Å². The van der Waals surface area contributed by atoms with Crippen molar-refractivity contribution in [1.29, 1.82) is 5.41 Å². The molecule has 0 atom stereocenters. The monoisotopic (exact) mass is 276 g/mol. The molecule has 0 fully saturated rings. The Kier molecular flexibility index (Phi) is 14.4. The summed E-state index contributed by atoms with van der Waals surface area (Å²) < 4.78 is 0. The molecule has 0 saturated carbocycles. The van der Waals surface area contributed by atoms with E-state index in [2.05, 4.69) is 6.92 Å². The molecule has 0 rings (SSSR count). The summed E-state index contributed by atoms with van der Waals surface area (Å²) in [5.74, 6) is 3.38. The maximum Gasteiger partial charge on any atom is 0.151 e. The molecule has 0 heterocycles. The maximum absolute atomic E-state index is 7.07. The van der Waals surface area contributed by atoms with Gasteiger partial charge in [0.05, 0.1) is 0 Å².